The molecule has 2 aliphatic rings. The first-order valence-electron chi connectivity index (χ1n) is 11.2. The van der Waals surface area contributed by atoms with Gasteiger partial charge in [0.1, 0.15) is 0 Å². The number of carbonyl (C=O) groups is 1. The highest BCUT2D eigenvalue weighted by molar-refractivity contribution is 7.17. The Bertz CT molecular complexity index is 808. The van der Waals surface area contributed by atoms with Crippen LogP contribution >= 0.6 is 11.3 Å². The van der Waals surface area contributed by atoms with Crippen LogP contribution in [0.5, 0.6) is 0 Å². The van der Waals surface area contributed by atoms with Crippen molar-refractivity contribution in [2.45, 2.75) is 76.8 Å². The van der Waals surface area contributed by atoms with Crippen molar-refractivity contribution in [3.63, 3.8) is 0 Å². The quantitative estimate of drug-likeness (QED) is 0.662. The Morgan fingerprint density at radius 1 is 1.11 bits per heavy atom. The Kier molecular flexibility index (Phi) is 6.37. The first-order chi connectivity index (χ1) is 13.7. The second kappa shape index (κ2) is 8.96. The number of carbonyl (C=O) groups excluding carboxylic acids is 1. The highest BCUT2D eigenvalue weighted by Crippen LogP contribution is 2.32. The Labute approximate surface area is 173 Å². The van der Waals surface area contributed by atoms with Gasteiger partial charge in [0.2, 0.25) is 5.91 Å². The van der Waals surface area contributed by atoms with E-state index in [1.165, 1.54) is 66.4 Å². The van der Waals surface area contributed by atoms with E-state index >= 15 is 0 Å². The lowest BCUT2D eigenvalue weighted by Gasteiger charge is -2.42. The number of likely N-dealkylation sites (N-methyl/N-ethyl adjacent to an activating group) is 1. The summed E-state index contributed by atoms with van der Waals surface area (Å²) in [6.45, 7) is 4.67. The Hall–Kier alpha value is -1.39. The van der Waals surface area contributed by atoms with Crippen molar-refractivity contribution in [1.29, 1.82) is 0 Å². The van der Waals surface area contributed by atoms with E-state index in [0.29, 0.717) is 18.5 Å². The summed E-state index contributed by atoms with van der Waals surface area (Å²) < 4.78 is 1.38. The third-order valence-electron chi connectivity index (χ3n) is 6.84. The van der Waals surface area contributed by atoms with E-state index in [0.717, 1.165) is 19.3 Å². The maximum Gasteiger partial charge on any atom is 0.227 e. The van der Waals surface area contributed by atoms with Crippen molar-refractivity contribution in [3.05, 3.63) is 34.7 Å². The second-order valence-electron chi connectivity index (χ2n) is 8.64. The van der Waals surface area contributed by atoms with Crippen LogP contribution < -0.4 is 0 Å². The number of fused-ring (bicyclic) bond motifs is 1. The fourth-order valence-electron chi connectivity index (χ4n) is 5.31. The number of benzene rings is 1. The van der Waals surface area contributed by atoms with Crippen molar-refractivity contribution in [3.8, 4) is 0 Å². The first kappa shape index (κ1) is 19.9. The van der Waals surface area contributed by atoms with Gasteiger partial charge in [0.15, 0.2) is 0 Å². The summed E-state index contributed by atoms with van der Waals surface area (Å²) in [7, 11) is 2.05. The van der Waals surface area contributed by atoms with Crippen molar-refractivity contribution in [1.82, 2.24) is 9.80 Å². The zero-order valence-electron chi connectivity index (χ0n) is 17.5. The van der Waals surface area contributed by atoms with Gasteiger partial charge in [-0.1, -0.05) is 38.3 Å². The van der Waals surface area contributed by atoms with E-state index in [1.54, 1.807) is 0 Å². The van der Waals surface area contributed by atoms with E-state index in [1.807, 2.05) is 11.3 Å². The summed E-state index contributed by atoms with van der Waals surface area (Å²) in [6, 6.07) is 7.61. The fourth-order valence-corrected chi connectivity index (χ4v) is 6.30. The molecule has 2 atom stereocenters. The summed E-state index contributed by atoms with van der Waals surface area (Å²) in [5.41, 5.74) is 2.62. The Morgan fingerprint density at radius 3 is 2.64 bits per heavy atom. The number of nitrogens with zero attached hydrogens (tertiary/aromatic N) is 2. The van der Waals surface area contributed by atoms with E-state index in [4.69, 9.17) is 0 Å². The lowest BCUT2D eigenvalue weighted by atomic mass is 9.88. The highest BCUT2D eigenvalue weighted by Gasteiger charge is 2.35. The molecule has 0 N–H and O–H groups in total. The normalized spacial score (nSPS) is 23.4. The molecular formula is C24H34N2OS. The maximum absolute atomic E-state index is 13.3. The SMILES string of the molecule is CCCc1ccc(CC(=O)N(C)C2CCCCC2N2CCCC2)c2ccsc12. The summed E-state index contributed by atoms with van der Waals surface area (Å²) >= 11 is 1.82. The van der Waals surface area contributed by atoms with Gasteiger partial charge in [-0.15, -0.1) is 11.3 Å². The van der Waals surface area contributed by atoms with Crippen LogP contribution in [0.2, 0.25) is 0 Å². The molecule has 0 radical (unpaired) electrons. The van der Waals surface area contributed by atoms with E-state index < -0.39 is 0 Å². The summed E-state index contributed by atoms with van der Waals surface area (Å²) in [5, 5.41) is 3.46. The molecule has 1 aliphatic carbocycles. The predicted molar refractivity (Wildman–Crippen MR) is 119 cm³/mol. The largest absolute Gasteiger partial charge is 0.341 e. The molecule has 1 aromatic carbocycles. The average molecular weight is 399 g/mol. The number of likely N-dealkylation sites (tertiary alicyclic amines) is 1. The van der Waals surface area contributed by atoms with Crippen molar-refractivity contribution in [2.24, 2.45) is 0 Å². The van der Waals surface area contributed by atoms with Gasteiger partial charge >= 0.3 is 0 Å². The molecule has 4 rings (SSSR count). The number of rotatable bonds is 6. The zero-order valence-corrected chi connectivity index (χ0v) is 18.3. The smallest absolute Gasteiger partial charge is 0.227 e. The predicted octanol–water partition coefficient (Wildman–Crippen LogP) is 5.26. The van der Waals surface area contributed by atoms with Crippen LogP contribution in [0, 0.1) is 0 Å². The molecule has 1 amide bonds. The molecule has 2 heterocycles. The van der Waals surface area contributed by atoms with Crippen LogP contribution in [-0.2, 0) is 17.6 Å². The minimum atomic E-state index is 0.284. The van der Waals surface area contributed by atoms with Gasteiger partial charge < -0.3 is 4.90 Å². The number of hydrogen-bond donors (Lipinski definition) is 0. The van der Waals surface area contributed by atoms with Crippen molar-refractivity contribution >= 4 is 27.3 Å². The van der Waals surface area contributed by atoms with E-state index in [-0.39, 0.29) is 5.91 Å². The monoisotopic (exact) mass is 398 g/mol. The molecule has 2 fully saturated rings. The molecule has 1 saturated carbocycles. The first-order valence-corrected chi connectivity index (χ1v) is 12.0. The summed E-state index contributed by atoms with van der Waals surface area (Å²) in [5.74, 6) is 0.284. The van der Waals surface area contributed by atoms with Crippen molar-refractivity contribution < 1.29 is 4.79 Å². The van der Waals surface area contributed by atoms with Gasteiger partial charge in [-0.05, 0) is 73.2 Å². The fraction of sp³-hybridized carbons (Fsp3) is 0.625. The van der Waals surface area contributed by atoms with Crippen LogP contribution in [-0.4, -0.2) is 47.9 Å². The molecule has 0 spiro atoms. The van der Waals surface area contributed by atoms with E-state index in [9.17, 15) is 4.79 Å². The number of amides is 1. The molecule has 152 valence electrons. The molecule has 1 aromatic heterocycles. The molecule has 2 aromatic rings. The molecule has 0 bridgehead atoms. The van der Waals surface area contributed by atoms with Gasteiger partial charge in [0.25, 0.3) is 0 Å². The molecule has 2 unspecified atom stereocenters. The number of hydrogen-bond acceptors (Lipinski definition) is 3. The van der Waals surface area contributed by atoms with E-state index in [2.05, 4.69) is 47.4 Å². The second-order valence-corrected chi connectivity index (χ2v) is 9.56. The maximum atomic E-state index is 13.3. The lowest BCUT2D eigenvalue weighted by molar-refractivity contribution is -0.133. The van der Waals surface area contributed by atoms with Crippen LogP contribution in [0.4, 0.5) is 0 Å². The molecule has 3 nitrogen and oxygen atoms in total. The highest BCUT2D eigenvalue weighted by atomic mass is 32.1. The third kappa shape index (κ3) is 3.99. The molecule has 1 saturated heterocycles. The molecule has 28 heavy (non-hydrogen) atoms. The van der Waals surface area contributed by atoms with Crippen LogP contribution in [0.15, 0.2) is 23.6 Å². The zero-order chi connectivity index (χ0) is 19.5. The number of aryl methyl sites for hydroxylation is 1. The van der Waals surface area contributed by atoms with Gasteiger partial charge in [-0.25, -0.2) is 0 Å². The minimum absolute atomic E-state index is 0.284. The van der Waals surface area contributed by atoms with Crippen LogP contribution in [0.1, 0.15) is 63.0 Å². The standard InChI is InChI=1S/C24H34N2OS/c1-3-8-18-11-12-19(20-13-16-28-24(18)20)17-23(27)25(2)21-9-4-5-10-22(21)26-14-6-7-15-26/h11-13,16,21-22H,3-10,14-15,17H2,1-2H3. The van der Waals surface area contributed by atoms with Gasteiger partial charge in [0.05, 0.1) is 6.42 Å². The minimum Gasteiger partial charge on any atom is -0.341 e. The topological polar surface area (TPSA) is 23.6 Å². The Balaban J connectivity index is 1.50. The lowest BCUT2D eigenvalue weighted by Crippen LogP contribution is -2.53. The van der Waals surface area contributed by atoms with Crippen molar-refractivity contribution in [2.75, 3.05) is 20.1 Å². The van der Waals surface area contributed by atoms with Crippen LogP contribution in [0.3, 0.4) is 0 Å². The van der Waals surface area contributed by atoms with Gasteiger partial charge in [0, 0.05) is 23.8 Å². The molecule has 1 aliphatic heterocycles. The molecule has 4 heteroatoms. The van der Waals surface area contributed by atoms with Crippen LogP contribution in [0.25, 0.3) is 10.1 Å². The summed E-state index contributed by atoms with van der Waals surface area (Å²) in [6.07, 6.45) is 10.4. The van der Waals surface area contributed by atoms with Gasteiger partial charge in [-0.3, -0.25) is 9.69 Å². The molecular weight excluding hydrogens is 364 g/mol. The average Bonchev–Trinajstić information content (AvgIpc) is 3.41. The van der Waals surface area contributed by atoms with Gasteiger partial charge in [-0.2, -0.15) is 0 Å². The third-order valence-corrected chi connectivity index (χ3v) is 7.83. The number of thiophene rings is 1. The summed E-state index contributed by atoms with van der Waals surface area (Å²) in [4.78, 5) is 18.0. The Morgan fingerprint density at radius 2 is 1.86 bits per heavy atom.